The van der Waals surface area contributed by atoms with Crippen LogP contribution in [0.1, 0.15) is 84.0 Å². The Kier molecular flexibility index (Phi) is 21.8. The monoisotopic (exact) mass is 424 g/mol. The number of ether oxygens (including phenoxy) is 2. The van der Waals surface area contributed by atoms with E-state index in [0.717, 1.165) is 26.1 Å². The predicted molar refractivity (Wildman–Crippen MR) is 106 cm³/mol. The van der Waals surface area contributed by atoms with E-state index in [4.69, 9.17) is 9.47 Å². The second kappa shape index (κ2) is 21.4. The molecule has 0 aliphatic rings. The van der Waals surface area contributed by atoms with E-state index in [1.807, 2.05) is 0 Å². The summed E-state index contributed by atoms with van der Waals surface area (Å²) in [6.45, 7) is 4.22. The molecule has 2 nitrogen and oxygen atoms in total. The first kappa shape index (κ1) is 22.4. The van der Waals surface area contributed by atoms with Gasteiger partial charge in [-0.15, -0.1) is 0 Å². The van der Waals surface area contributed by atoms with Gasteiger partial charge in [-0.1, -0.05) is 86.6 Å². The van der Waals surface area contributed by atoms with Crippen LogP contribution in [0.15, 0.2) is 12.2 Å². The number of allylic oxidation sites excluding steroid dienone is 1. The highest BCUT2D eigenvalue weighted by Crippen LogP contribution is 2.10. The van der Waals surface area contributed by atoms with Crippen LogP contribution < -0.4 is 0 Å². The topological polar surface area (TPSA) is 18.5 Å². The van der Waals surface area contributed by atoms with Gasteiger partial charge in [-0.25, -0.2) is 0 Å². The first-order valence-electron chi connectivity index (χ1n) is 9.28. The molecule has 0 bridgehead atoms. The van der Waals surface area contributed by atoms with Gasteiger partial charge in [0.2, 0.25) is 0 Å². The molecule has 22 heavy (non-hydrogen) atoms. The molecule has 0 atom stereocenters. The number of halogens is 1. The van der Waals surface area contributed by atoms with Crippen molar-refractivity contribution in [2.75, 3.05) is 24.4 Å². The molecule has 0 radical (unpaired) electrons. The van der Waals surface area contributed by atoms with Crippen molar-refractivity contribution in [3.63, 3.8) is 0 Å². The van der Waals surface area contributed by atoms with Gasteiger partial charge in [-0.05, 0) is 36.5 Å². The van der Waals surface area contributed by atoms with Crippen LogP contribution in [0.5, 0.6) is 0 Å². The van der Waals surface area contributed by atoms with Crippen molar-refractivity contribution in [2.24, 2.45) is 0 Å². The van der Waals surface area contributed by atoms with Crippen LogP contribution in [0.4, 0.5) is 0 Å². The van der Waals surface area contributed by atoms with Crippen LogP contribution in [0.3, 0.4) is 0 Å². The van der Waals surface area contributed by atoms with Crippen molar-refractivity contribution in [1.29, 1.82) is 0 Å². The van der Waals surface area contributed by atoms with E-state index >= 15 is 0 Å². The van der Waals surface area contributed by atoms with E-state index in [2.05, 4.69) is 41.7 Å². The fourth-order valence-electron chi connectivity index (χ4n) is 2.23. The molecule has 0 unspecified atom stereocenters. The lowest BCUT2D eigenvalue weighted by Crippen LogP contribution is -2.02. The van der Waals surface area contributed by atoms with Gasteiger partial charge in [0.05, 0.1) is 6.61 Å². The van der Waals surface area contributed by atoms with Gasteiger partial charge in [-0.3, -0.25) is 0 Å². The normalized spacial score (nSPS) is 11.5. The van der Waals surface area contributed by atoms with Crippen molar-refractivity contribution in [1.82, 2.24) is 0 Å². The van der Waals surface area contributed by atoms with E-state index in [9.17, 15) is 0 Å². The number of unbranched alkanes of at least 4 members (excludes halogenated alkanes) is 9. The quantitative estimate of drug-likeness (QED) is 0.0804. The number of hydrogen-bond donors (Lipinski definition) is 0. The third-order valence-corrected chi connectivity index (χ3v) is 4.42. The van der Waals surface area contributed by atoms with Gasteiger partial charge >= 0.3 is 0 Å². The molecule has 0 saturated heterocycles. The zero-order valence-corrected chi connectivity index (χ0v) is 16.8. The first-order valence-corrected chi connectivity index (χ1v) is 10.8. The van der Waals surface area contributed by atoms with Crippen LogP contribution in [0.2, 0.25) is 0 Å². The molecule has 3 heteroatoms. The lowest BCUT2D eigenvalue weighted by molar-refractivity contribution is -0.0528. The summed E-state index contributed by atoms with van der Waals surface area (Å²) in [5, 5.41) is 0. The fourth-order valence-corrected chi connectivity index (χ4v) is 2.77. The van der Waals surface area contributed by atoms with E-state index in [1.165, 1.54) is 68.6 Å². The summed E-state index contributed by atoms with van der Waals surface area (Å²) < 4.78 is 12.1. The Hall–Kier alpha value is 0.390. The Morgan fingerprint density at radius 2 is 1.27 bits per heavy atom. The summed E-state index contributed by atoms with van der Waals surface area (Å²) in [7, 11) is 0. The Balaban J connectivity index is 3.02. The second-order valence-electron chi connectivity index (χ2n) is 5.85. The van der Waals surface area contributed by atoms with Gasteiger partial charge in [0.1, 0.15) is 6.79 Å². The summed E-state index contributed by atoms with van der Waals surface area (Å²) in [5.74, 6) is 0. The van der Waals surface area contributed by atoms with Crippen LogP contribution in [-0.2, 0) is 9.47 Å². The van der Waals surface area contributed by atoms with Crippen LogP contribution in [-0.4, -0.2) is 24.4 Å². The standard InChI is InChI=1S/C19H37IO2/c1-2-3-17-21-19-22-18-15-13-11-9-7-5-4-6-8-10-12-14-16-20/h11,13H,2-10,12,14-19H2,1H3. The Labute approximate surface area is 152 Å². The molecule has 0 spiro atoms. The van der Waals surface area contributed by atoms with Gasteiger partial charge in [0.15, 0.2) is 0 Å². The van der Waals surface area contributed by atoms with Crippen molar-refractivity contribution in [3.8, 4) is 0 Å². The van der Waals surface area contributed by atoms with E-state index in [1.54, 1.807) is 0 Å². The zero-order chi connectivity index (χ0) is 16.1. The molecule has 0 saturated carbocycles. The maximum atomic E-state index is 5.41. The number of rotatable bonds is 18. The van der Waals surface area contributed by atoms with E-state index < -0.39 is 0 Å². The van der Waals surface area contributed by atoms with Crippen molar-refractivity contribution in [2.45, 2.75) is 84.0 Å². The van der Waals surface area contributed by atoms with Gasteiger partial charge < -0.3 is 9.47 Å². The summed E-state index contributed by atoms with van der Waals surface area (Å²) in [5.41, 5.74) is 0. The lowest BCUT2D eigenvalue weighted by atomic mass is 10.1. The molecule has 0 aliphatic carbocycles. The van der Waals surface area contributed by atoms with Crippen LogP contribution in [0, 0.1) is 0 Å². The Morgan fingerprint density at radius 1 is 0.682 bits per heavy atom. The van der Waals surface area contributed by atoms with Gasteiger partial charge in [-0.2, -0.15) is 0 Å². The second-order valence-corrected chi connectivity index (χ2v) is 6.93. The van der Waals surface area contributed by atoms with E-state index in [-0.39, 0.29) is 0 Å². The third-order valence-electron chi connectivity index (χ3n) is 3.66. The van der Waals surface area contributed by atoms with E-state index in [0.29, 0.717) is 6.79 Å². The maximum absolute atomic E-state index is 5.41. The minimum Gasteiger partial charge on any atom is -0.355 e. The van der Waals surface area contributed by atoms with Gasteiger partial charge in [0, 0.05) is 6.61 Å². The Morgan fingerprint density at radius 3 is 1.95 bits per heavy atom. The zero-order valence-electron chi connectivity index (χ0n) is 14.7. The molecule has 0 aliphatic heterocycles. The fraction of sp³-hybridized carbons (Fsp3) is 0.895. The highest BCUT2D eigenvalue weighted by molar-refractivity contribution is 14.1. The smallest absolute Gasteiger partial charge is 0.146 e. The molecule has 0 fully saturated rings. The largest absolute Gasteiger partial charge is 0.355 e. The van der Waals surface area contributed by atoms with Crippen LogP contribution >= 0.6 is 22.6 Å². The molecule has 132 valence electrons. The summed E-state index contributed by atoms with van der Waals surface area (Å²) in [6.07, 6.45) is 20.4. The molecular weight excluding hydrogens is 387 g/mol. The SMILES string of the molecule is CCCCOCOCCC=CCCCCCCCCCCI. The summed E-state index contributed by atoms with van der Waals surface area (Å²) >= 11 is 2.47. The highest BCUT2D eigenvalue weighted by atomic mass is 127. The number of alkyl halides is 1. The van der Waals surface area contributed by atoms with Gasteiger partial charge in [0.25, 0.3) is 0 Å². The molecule has 0 rings (SSSR count). The van der Waals surface area contributed by atoms with Crippen molar-refractivity contribution in [3.05, 3.63) is 12.2 Å². The lowest BCUT2D eigenvalue weighted by Gasteiger charge is -2.03. The summed E-state index contributed by atoms with van der Waals surface area (Å²) in [4.78, 5) is 0. The molecule has 0 N–H and O–H groups in total. The minimum absolute atomic E-state index is 0.450. The third kappa shape index (κ3) is 20.4. The molecule has 0 heterocycles. The average Bonchev–Trinajstić information content (AvgIpc) is 2.54. The van der Waals surface area contributed by atoms with Crippen molar-refractivity contribution >= 4 is 22.6 Å². The predicted octanol–water partition coefficient (Wildman–Crippen LogP) is 6.67. The van der Waals surface area contributed by atoms with Crippen LogP contribution in [0.25, 0.3) is 0 Å². The molecule has 0 amide bonds. The minimum atomic E-state index is 0.450. The summed E-state index contributed by atoms with van der Waals surface area (Å²) in [6, 6.07) is 0. The maximum Gasteiger partial charge on any atom is 0.146 e. The molecule has 0 aromatic heterocycles. The molecular formula is C19H37IO2. The molecule has 0 aromatic carbocycles. The Bertz CT molecular complexity index is 219. The average molecular weight is 424 g/mol. The molecule has 0 aromatic rings. The first-order chi connectivity index (χ1) is 10.9. The number of hydrogen-bond acceptors (Lipinski definition) is 2. The van der Waals surface area contributed by atoms with Crippen molar-refractivity contribution < 1.29 is 9.47 Å². The highest BCUT2D eigenvalue weighted by Gasteiger charge is 1.91.